The van der Waals surface area contributed by atoms with Crippen LogP contribution in [-0.2, 0) is 0 Å². The van der Waals surface area contributed by atoms with Crippen LogP contribution in [0.5, 0.6) is 0 Å². The number of rotatable bonds is 7. The molecule has 8 nitrogen and oxygen atoms in total. The SMILES string of the molecule is Fc1ccc(C2CCN(c3c(F)cc(N4[C@@H](c5cc6[nH]c(C7CCCN7)nc6cc5F)CC[C@@H]4c4cc5[nH]c(C6CCCN6)nc5cc4F)cc3F)CC2)cc1. The normalized spacial score (nSPS) is 23.4. The minimum atomic E-state index is -0.735. The van der Waals surface area contributed by atoms with E-state index >= 15 is 17.6 Å². The van der Waals surface area contributed by atoms with Crippen LogP contribution in [0.4, 0.5) is 33.3 Å². The zero-order valence-corrected chi connectivity index (χ0v) is 30.8. The summed E-state index contributed by atoms with van der Waals surface area (Å²) in [5.74, 6) is -1.08. The molecule has 0 amide bonds. The molecule has 10 rings (SSSR count). The molecule has 0 aliphatic carbocycles. The van der Waals surface area contributed by atoms with E-state index in [1.165, 1.54) is 36.4 Å². The van der Waals surface area contributed by atoms with Crippen molar-refractivity contribution in [3.05, 3.63) is 118 Å². The standard InChI is InChI=1S/C43H43F5N8/c44-25-7-5-23(6-8-25)24-11-15-55(16-12-24)41-31(47)17-26(18-32(41)48)56-39(27-19-35-37(21-29(27)45)53-42(51-35)33-3-1-13-49-33)9-10-40(56)28-20-36-38(22-30(28)46)54-43(52-36)34-4-2-14-50-34/h5-8,17-22,24,33-34,39-40,49-50H,1-4,9-16H2,(H,51,53)(H,52,54)/t33?,34?,39-,40-/m1/s1. The van der Waals surface area contributed by atoms with Crippen molar-refractivity contribution in [2.75, 3.05) is 36.0 Å². The van der Waals surface area contributed by atoms with Crippen molar-refractivity contribution in [3.63, 3.8) is 0 Å². The highest BCUT2D eigenvalue weighted by molar-refractivity contribution is 5.78. The summed E-state index contributed by atoms with van der Waals surface area (Å²) in [6.07, 6.45) is 6.05. The lowest BCUT2D eigenvalue weighted by atomic mass is 9.89. The average molecular weight is 767 g/mol. The Kier molecular flexibility index (Phi) is 8.96. The van der Waals surface area contributed by atoms with E-state index in [1.54, 1.807) is 34.1 Å². The van der Waals surface area contributed by atoms with Crippen molar-refractivity contribution >= 4 is 33.4 Å². The van der Waals surface area contributed by atoms with Gasteiger partial charge in [0.15, 0.2) is 11.6 Å². The summed E-state index contributed by atoms with van der Waals surface area (Å²) in [6.45, 7) is 2.62. The molecular formula is C43H43F5N8. The van der Waals surface area contributed by atoms with Crippen LogP contribution in [0.15, 0.2) is 60.7 Å². The van der Waals surface area contributed by atoms with Gasteiger partial charge in [0.2, 0.25) is 0 Å². The number of halogens is 5. The largest absolute Gasteiger partial charge is 0.367 e. The fraction of sp³-hybridized carbons (Fsp3) is 0.395. The van der Waals surface area contributed by atoms with E-state index in [0.29, 0.717) is 72.0 Å². The summed E-state index contributed by atoms with van der Waals surface area (Å²) in [5.41, 5.74) is 4.14. The third kappa shape index (κ3) is 6.28. The third-order valence-corrected chi connectivity index (χ3v) is 12.6. The van der Waals surface area contributed by atoms with E-state index in [-0.39, 0.29) is 35.2 Å². The lowest BCUT2D eigenvalue weighted by Crippen LogP contribution is -2.34. The zero-order valence-electron chi connectivity index (χ0n) is 30.8. The van der Waals surface area contributed by atoms with Gasteiger partial charge in [0.05, 0.1) is 46.2 Å². The van der Waals surface area contributed by atoms with Crippen molar-refractivity contribution in [1.29, 1.82) is 0 Å². The van der Waals surface area contributed by atoms with E-state index in [4.69, 9.17) is 0 Å². The predicted octanol–water partition coefficient (Wildman–Crippen LogP) is 9.45. The number of H-pyrrole nitrogens is 2. The van der Waals surface area contributed by atoms with Crippen molar-refractivity contribution in [2.24, 2.45) is 0 Å². The molecule has 13 heteroatoms. The first-order valence-corrected chi connectivity index (χ1v) is 19.9. The van der Waals surface area contributed by atoms with Gasteiger partial charge in [-0.1, -0.05) is 12.1 Å². The molecule has 4 aromatic carbocycles. The molecule has 4 aliphatic heterocycles. The molecule has 0 bridgehead atoms. The topological polar surface area (TPSA) is 87.9 Å². The van der Waals surface area contributed by atoms with Crippen molar-refractivity contribution < 1.29 is 22.0 Å². The van der Waals surface area contributed by atoms with Crippen LogP contribution < -0.4 is 20.4 Å². The van der Waals surface area contributed by atoms with Crippen molar-refractivity contribution in [3.8, 4) is 0 Å². The van der Waals surface area contributed by atoms with Crippen LogP contribution in [0.2, 0.25) is 0 Å². The first-order chi connectivity index (χ1) is 27.3. The maximum absolute atomic E-state index is 16.4. The van der Waals surface area contributed by atoms with Gasteiger partial charge >= 0.3 is 0 Å². The highest BCUT2D eigenvalue weighted by atomic mass is 19.1. The Morgan fingerprint density at radius 2 is 1.09 bits per heavy atom. The maximum atomic E-state index is 16.4. The Hall–Kier alpha value is -5.01. The Morgan fingerprint density at radius 3 is 1.57 bits per heavy atom. The molecule has 6 aromatic rings. The van der Waals surface area contributed by atoms with E-state index in [0.717, 1.165) is 56.0 Å². The van der Waals surface area contributed by atoms with E-state index in [1.807, 2.05) is 0 Å². The fourth-order valence-electron chi connectivity index (χ4n) is 9.77. The highest BCUT2D eigenvalue weighted by Gasteiger charge is 2.40. The number of aromatic nitrogens is 4. The van der Waals surface area contributed by atoms with Crippen LogP contribution in [0.3, 0.4) is 0 Å². The second kappa shape index (κ2) is 14.2. The van der Waals surface area contributed by atoms with Gasteiger partial charge < -0.3 is 30.4 Å². The van der Waals surface area contributed by atoms with Crippen molar-refractivity contribution in [1.82, 2.24) is 30.6 Å². The van der Waals surface area contributed by atoms with Gasteiger partial charge in [-0.05, 0) is 112 Å². The van der Waals surface area contributed by atoms with Crippen LogP contribution in [-0.4, -0.2) is 46.1 Å². The molecule has 2 unspecified atom stereocenters. The molecular weight excluding hydrogens is 724 g/mol. The van der Waals surface area contributed by atoms with Gasteiger partial charge in [-0.3, -0.25) is 0 Å². The molecule has 290 valence electrons. The summed E-state index contributed by atoms with van der Waals surface area (Å²) in [5, 5.41) is 6.85. The Balaban J connectivity index is 1.02. The summed E-state index contributed by atoms with van der Waals surface area (Å²) >= 11 is 0. The first-order valence-electron chi connectivity index (χ1n) is 19.9. The maximum Gasteiger partial charge on any atom is 0.151 e. The highest BCUT2D eigenvalue weighted by Crippen LogP contribution is 2.50. The van der Waals surface area contributed by atoms with E-state index < -0.39 is 35.4 Å². The zero-order chi connectivity index (χ0) is 38.1. The predicted molar refractivity (Wildman–Crippen MR) is 206 cm³/mol. The van der Waals surface area contributed by atoms with Crippen LogP contribution in [0.1, 0.15) is 110 Å². The number of benzene rings is 4. The minimum Gasteiger partial charge on any atom is -0.367 e. The first kappa shape index (κ1) is 35.4. The minimum absolute atomic E-state index is 0.0600. The Morgan fingerprint density at radius 1 is 0.571 bits per heavy atom. The number of imidazole rings is 2. The summed E-state index contributed by atoms with van der Waals surface area (Å²) < 4.78 is 78.9. The number of hydrogen-bond acceptors (Lipinski definition) is 6. The summed E-state index contributed by atoms with van der Waals surface area (Å²) in [6, 6.07) is 14.2. The van der Waals surface area contributed by atoms with Gasteiger partial charge in [0.25, 0.3) is 0 Å². The monoisotopic (exact) mass is 766 g/mol. The number of nitrogens with one attached hydrogen (secondary N) is 4. The van der Waals surface area contributed by atoms with Gasteiger partial charge in [-0.2, -0.15) is 0 Å². The number of fused-ring (bicyclic) bond motifs is 2. The van der Waals surface area contributed by atoms with Crippen molar-refractivity contribution in [2.45, 2.75) is 81.5 Å². The van der Waals surface area contributed by atoms with Crippen LogP contribution in [0, 0.1) is 29.1 Å². The molecule has 6 heterocycles. The number of aromatic amines is 2. The van der Waals surface area contributed by atoms with Gasteiger partial charge in [0.1, 0.15) is 34.8 Å². The fourth-order valence-corrected chi connectivity index (χ4v) is 9.77. The lowest BCUT2D eigenvalue weighted by Gasteiger charge is -2.36. The average Bonchev–Trinajstić information content (AvgIpc) is 4.04. The number of piperidine rings is 1. The molecule has 4 fully saturated rings. The number of hydrogen-bond donors (Lipinski definition) is 4. The second-order valence-corrected chi connectivity index (χ2v) is 15.9. The number of nitrogens with zero attached hydrogens (tertiary/aromatic N) is 4. The lowest BCUT2D eigenvalue weighted by molar-refractivity contribution is 0.485. The van der Waals surface area contributed by atoms with Gasteiger partial charge in [0, 0.05) is 42.0 Å². The molecule has 4 N–H and O–H groups in total. The molecule has 56 heavy (non-hydrogen) atoms. The third-order valence-electron chi connectivity index (χ3n) is 12.6. The molecule has 0 spiro atoms. The van der Waals surface area contributed by atoms with Gasteiger partial charge in [-0.25, -0.2) is 31.9 Å². The Labute approximate surface area is 320 Å². The quantitative estimate of drug-likeness (QED) is 0.121. The molecule has 4 atom stereocenters. The summed E-state index contributed by atoms with van der Waals surface area (Å²) in [4.78, 5) is 19.6. The summed E-state index contributed by atoms with van der Waals surface area (Å²) in [7, 11) is 0. The van der Waals surface area contributed by atoms with Crippen LogP contribution >= 0.6 is 0 Å². The molecule has 4 aliphatic rings. The smallest absolute Gasteiger partial charge is 0.151 e. The Bertz CT molecular complexity index is 2280. The van der Waals surface area contributed by atoms with E-state index in [2.05, 4.69) is 30.6 Å². The number of anilines is 2. The molecule has 0 radical (unpaired) electrons. The molecule has 0 saturated carbocycles. The van der Waals surface area contributed by atoms with Gasteiger partial charge in [-0.15, -0.1) is 0 Å². The van der Waals surface area contributed by atoms with Crippen LogP contribution in [0.25, 0.3) is 22.1 Å². The molecule has 4 saturated heterocycles. The second-order valence-electron chi connectivity index (χ2n) is 15.9. The molecule has 2 aromatic heterocycles. The van der Waals surface area contributed by atoms with E-state index in [9.17, 15) is 4.39 Å².